The first-order chi connectivity index (χ1) is 15.5. The molecule has 3 aliphatic rings. The van der Waals surface area contributed by atoms with E-state index in [2.05, 4.69) is 9.88 Å². The van der Waals surface area contributed by atoms with Gasteiger partial charge in [-0.3, -0.25) is 19.3 Å². The molecule has 1 unspecified atom stereocenters. The highest BCUT2D eigenvalue weighted by Crippen LogP contribution is 2.27. The van der Waals surface area contributed by atoms with E-state index in [4.69, 9.17) is 16.3 Å². The third-order valence-electron chi connectivity index (χ3n) is 6.23. The predicted molar refractivity (Wildman–Crippen MR) is 118 cm³/mol. The summed E-state index contributed by atoms with van der Waals surface area (Å²) in [6.07, 6.45) is 3.28. The van der Waals surface area contributed by atoms with Crippen molar-refractivity contribution in [2.45, 2.75) is 18.9 Å². The zero-order chi connectivity index (χ0) is 22.2. The summed E-state index contributed by atoms with van der Waals surface area (Å²) in [4.78, 5) is 48.1. The fraction of sp³-hybridized carbons (Fsp3) is 0.391. The molecule has 2 aromatic rings. The Labute approximate surface area is 190 Å². The van der Waals surface area contributed by atoms with Gasteiger partial charge in [-0.25, -0.2) is 4.98 Å². The second kappa shape index (κ2) is 8.52. The summed E-state index contributed by atoms with van der Waals surface area (Å²) in [6, 6.07) is 8.44. The first-order valence-electron chi connectivity index (χ1n) is 10.8. The summed E-state index contributed by atoms with van der Waals surface area (Å²) in [7, 11) is 0. The SMILES string of the molecule is O=C(c1ccc2c(c1)C(=O)N(CC1CCCO1)C2=O)N1CCN(c2ccc(Cl)cn2)CC1. The van der Waals surface area contributed by atoms with Crippen LogP contribution in [0.3, 0.4) is 0 Å². The molecule has 0 spiro atoms. The Balaban J connectivity index is 1.26. The van der Waals surface area contributed by atoms with Crippen LogP contribution in [0.15, 0.2) is 36.5 Å². The number of hydrogen-bond donors (Lipinski definition) is 0. The van der Waals surface area contributed by atoms with E-state index < -0.39 is 0 Å². The first-order valence-corrected chi connectivity index (χ1v) is 11.2. The van der Waals surface area contributed by atoms with Gasteiger partial charge in [-0.15, -0.1) is 0 Å². The predicted octanol–water partition coefficient (Wildman–Crippen LogP) is 2.47. The molecule has 2 fully saturated rings. The Bertz CT molecular complexity index is 1060. The minimum atomic E-state index is -0.353. The molecule has 2 saturated heterocycles. The van der Waals surface area contributed by atoms with Gasteiger partial charge in [0.15, 0.2) is 0 Å². The average molecular weight is 455 g/mol. The van der Waals surface area contributed by atoms with Gasteiger partial charge in [-0.2, -0.15) is 0 Å². The van der Waals surface area contributed by atoms with Crippen LogP contribution in [0.5, 0.6) is 0 Å². The Kier molecular flexibility index (Phi) is 5.57. The molecule has 5 rings (SSSR count). The number of aromatic nitrogens is 1. The Hall–Kier alpha value is -2.97. The number of hydrogen-bond acceptors (Lipinski definition) is 6. The summed E-state index contributed by atoms with van der Waals surface area (Å²) in [5, 5.41) is 0.585. The lowest BCUT2D eigenvalue weighted by molar-refractivity contribution is 0.0475. The molecular formula is C23H23ClN4O4. The van der Waals surface area contributed by atoms with E-state index in [-0.39, 0.29) is 30.4 Å². The lowest BCUT2D eigenvalue weighted by atomic mass is 10.0. The minimum absolute atomic E-state index is 0.107. The molecule has 0 radical (unpaired) electrons. The highest BCUT2D eigenvalue weighted by molar-refractivity contribution is 6.30. The van der Waals surface area contributed by atoms with Crippen molar-refractivity contribution >= 4 is 35.1 Å². The smallest absolute Gasteiger partial charge is 0.261 e. The molecule has 0 N–H and O–H groups in total. The van der Waals surface area contributed by atoms with E-state index in [9.17, 15) is 14.4 Å². The number of ether oxygens (including phenoxy) is 1. The summed E-state index contributed by atoms with van der Waals surface area (Å²) in [6.45, 7) is 3.30. The number of rotatable bonds is 4. The number of carbonyl (C=O) groups is 3. The van der Waals surface area contributed by atoms with Crippen LogP contribution >= 0.6 is 11.6 Å². The van der Waals surface area contributed by atoms with Crippen LogP contribution < -0.4 is 4.90 Å². The maximum atomic E-state index is 13.1. The molecule has 1 atom stereocenters. The van der Waals surface area contributed by atoms with Crippen molar-refractivity contribution in [3.8, 4) is 0 Å². The van der Waals surface area contributed by atoms with E-state index in [0.717, 1.165) is 18.7 Å². The molecule has 1 aromatic heterocycles. The van der Waals surface area contributed by atoms with Gasteiger partial charge in [0, 0.05) is 44.5 Å². The van der Waals surface area contributed by atoms with Crippen LogP contribution in [0.2, 0.25) is 5.02 Å². The number of carbonyl (C=O) groups excluding carboxylic acids is 3. The van der Waals surface area contributed by atoms with Crippen LogP contribution in [0.25, 0.3) is 0 Å². The fourth-order valence-corrected chi connectivity index (χ4v) is 4.57. The van der Waals surface area contributed by atoms with E-state index in [1.54, 1.807) is 35.4 Å². The summed E-state index contributed by atoms with van der Waals surface area (Å²) in [5.74, 6) is 0.0150. The third kappa shape index (κ3) is 3.84. The second-order valence-electron chi connectivity index (χ2n) is 8.23. The monoisotopic (exact) mass is 454 g/mol. The topological polar surface area (TPSA) is 83.0 Å². The van der Waals surface area contributed by atoms with Crippen LogP contribution in [-0.4, -0.2) is 77.9 Å². The summed E-state index contributed by atoms with van der Waals surface area (Å²) < 4.78 is 5.58. The van der Waals surface area contributed by atoms with Crippen LogP contribution in [-0.2, 0) is 4.74 Å². The number of fused-ring (bicyclic) bond motifs is 1. The fourth-order valence-electron chi connectivity index (χ4n) is 4.46. The maximum absolute atomic E-state index is 13.1. The average Bonchev–Trinajstić information content (AvgIpc) is 3.42. The van der Waals surface area contributed by atoms with Crippen molar-refractivity contribution in [2.75, 3.05) is 44.2 Å². The number of pyridine rings is 1. The second-order valence-corrected chi connectivity index (χ2v) is 8.67. The summed E-state index contributed by atoms with van der Waals surface area (Å²) in [5.41, 5.74) is 1.06. The molecule has 166 valence electrons. The van der Waals surface area contributed by atoms with Crippen LogP contribution in [0.1, 0.15) is 43.9 Å². The van der Waals surface area contributed by atoms with Gasteiger partial charge in [0.1, 0.15) is 5.82 Å². The Morgan fingerprint density at radius 3 is 2.53 bits per heavy atom. The number of piperazine rings is 1. The first kappa shape index (κ1) is 20.9. The largest absolute Gasteiger partial charge is 0.376 e. The number of imide groups is 1. The number of nitrogens with zero attached hydrogens (tertiary/aromatic N) is 4. The molecular weight excluding hydrogens is 432 g/mol. The van der Waals surface area contributed by atoms with E-state index >= 15 is 0 Å². The quantitative estimate of drug-likeness (QED) is 0.660. The highest BCUT2D eigenvalue weighted by atomic mass is 35.5. The van der Waals surface area contributed by atoms with Crippen molar-refractivity contribution in [2.24, 2.45) is 0 Å². The van der Waals surface area contributed by atoms with Crippen molar-refractivity contribution in [3.05, 3.63) is 58.2 Å². The number of halogens is 1. The van der Waals surface area contributed by atoms with Crippen molar-refractivity contribution < 1.29 is 19.1 Å². The molecule has 32 heavy (non-hydrogen) atoms. The standard InChI is InChI=1S/C23H23ClN4O4/c24-16-4-6-20(25-13-16)26-7-9-27(10-8-26)21(29)15-3-5-18-19(12-15)23(31)28(22(18)30)14-17-2-1-11-32-17/h3-6,12-13,17H,1-2,7-11,14H2. The summed E-state index contributed by atoms with van der Waals surface area (Å²) >= 11 is 5.91. The molecule has 1 aromatic carbocycles. The van der Waals surface area contributed by atoms with Gasteiger partial charge in [0.25, 0.3) is 17.7 Å². The van der Waals surface area contributed by atoms with Crippen LogP contribution in [0.4, 0.5) is 5.82 Å². The number of amides is 3. The van der Waals surface area contributed by atoms with Crippen molar-refractivity contribution in [1.29, 1.82) is 0 Å². The number of anilines is 1. The molecule has 3 aliphatic heterocycles. The van der Waals surface area contributed by atoms with E-state index in [1.807, 2.05) is 6.07 Å². The van der Waals surface area contributed by atoms with Gasteiger partial charge in [0.2, 0.25) is 0 Å². The van der Waals surface area contributed by atoms with Gasteiger partial charge in [0.05, 0.1) is 28.8 Å². The molecule has 0 bridgehead atoms. The lowest BCUT2D eigenvalue weighted by Crippen LogP contribution is -2.49. The lowest BCUT2D eigenvalue weighted by Gasteiger charge is -2.35. The zero-order valence-corrected chi connectivity index (χ0v) is 18.3. The molecule has 4 heterocycles. The third-order valence-corrected chi connectivity index (χ3v) is 6.45. The van der Waals surface area contributed by atoms with E-state index in [0.29, 0.717) is 54.5 Å². The van der Waals surface area contributed by atoms with E-state index in [1.165, 1.54) is 4.90 Å². The Morgan fingerprint density at radius 2 is 1.84 bits per heavy atom. The minimum Gasteiger partial charge on any atom is -0.376 e. The van der Waals surface area contributed by atoms with Gasteiger partial charge in [-0.1, -0.05) is 11.6 Å². The molecule has 0 saturated carbocycles. The van der Waals surface area contributed by atoms with Crippen molar-refractivity contribution in [1.82, 2.24) is 14.8 Å². The Morgan fingerprint density at radius 1 is 1.06 bits per heavy atom. The molecule has 0 aliphatic carbocycles. The van der Waals surface area contributed by atoms with Crippen LogP contribution in [0, 0.1) is 0 Å². The normalized spacial score (nSPS) is 20.8. The maximum Gasteiger partial charge on any atom is 0.261 e. The van der Waals surface area contributed by atoms with Gasteiger partial charge in [-0.05, 0) is 43.2 Å². The highest BCUT2D eigenvalue weighted by Gasteiger charge is 2.38. The zero-order valence-electron chi connectivity index (χ0n) is 17.5. The number of benzene rings is 1. The molecule has 8 nitrogen and oxygen atoms in total. The van der Waals surface area contributed by atoms with Crippen molar-refractivity contribution in [3.63, 3.8) is 0 Å². The molecule has 9 heteroatoms. The molecule has 3 amide bonds. The van der Waals surface area contributed by atoms with Gasteiger partial charge < -0.3 is 14.5 Å². The van der Waals surface area contributed by atoms with Gasteiger partial charge >= 0.3 is 0 Å².